The van der Waals surface area contributed by atoms with Gasteiger partial charge in [-0.3, -0.25) is 4.79 Å². The largest absolute Gasteiger partial charge is 0.311 e. The summed E-state index contributed by atoms with van der Waals surface area (Å²) in [4.78, 5) is 13.2. The summed E-state index contributed by atoms with van der Waals surface area (Å²) in [6.45, 7) is 5.12. The molecule has 5 heteroatoms. The third kappa shape index (κ3) is 2.63. The number of carbonyl (C=O) groups excluding carboxylic acids is 1. The molecule has 106 valence electrons. The average Bonchev–Trinajstić information content (AvgIpc) is 3.00. The van der Waals surface area contributed by atoms with E-state index in [1.54, 1.807) is 11.3 Å². The van der Waals surface area contributed by atoms with Crippen LogP contribution in [0.3, 0.4) is 0 Å². The second-order valence-electron chi connectivity index (χ2n) is 5.76. The third-order valence-corrected chi connectivity index (χ3v) is 4.50. The number of nitrogens with zero attached hydrogens (tertiary/aromatic N) is 2. The van der Waals surface area contributed by atoms with E-state index in [9.17, 15) is 4.79 Å². The van der Waals surface area contributed by atoms with Gasteiger partial charge in [-0.1, -0.05) is 19.9 Å². The molecule has 0 aliphatic carbocycles. The minimum Gasteiger partial charge on any atom is -0.311 e. The molecule has 0 fully saturated rings. The van der Waals surface area contributed by atoms with E-state index < -0.39 is 0 Å². The number of anilines is 1. The van der Waals surface area contributed by atoms with Crippen molar-refractivity contribution in [3.8, 4) is 0 Å². The Hall–Kier alpha value is -1.62. The average molecular weight is 289 g/mol. The Morgan fingerprint density at radius 1 is 1.55 bits per heavy atom. The second kappa shape index (κ2) is 5.40. The predicted octanol–water partition coefficient (Wildman–Crippen LogP) is 3.46. The molecule has 1 N–H and O–H groups in total. The van der Waals surface area contributed by atoms with Crippen LogP contribution < -0.4 is 5.32 Å². The van der Waals surface area contributed by atoms with Gasteiger partial charge in [-0.25, -0.2) is 4.68 Å². The Morgan fingerprint density at radius 3 is 3.10 bits per heavy atom. The molecule has 0 spiro atoms. The van der Waals surface area contributed by atoms with Crippen molar-refractivity contribution in [3.63, 3.8) is 0 Å². The Bertz CT molecular complexity index is 601. The first-order chi connectivity index (χ1) is 9.63. The zero-order valence-corrected chi connectivity index (χ0v) is 12.6. The number of carbonyl (C=O) groups is 1. The molecule has 20 heavy (non-hydrogen) atoms. The molecule has 2 aromatic heterocycles. The predicted molar refractivity (Wildman–Crippen MR) is 81.1 cm³/mol. The van der Waals surface area contributed by atoms with Crippen LogP contribution in [-0.2, 0) is 11.3 Å². The SMILES string of the molecule is CC(C)C[C@H]1CC(=O)Nc2c1cnn2Cc1cccs1. The summed E-state index contributed by atoms with van der Waals surface area (Å²) >= 11 is 1.71. The van der Waals surface area contributed by atoms with Crippen molar-refractivity contribution in [3.05, 3.63) is 34.2 Å². The summed E-state index contributed by atoms with van der Waals surface area (Å²) in [6.07, 6.45) is 3.54. The first-order valence-corrected chi connectivity index (χ1v) is 7.89. The van der Waals surface area contributed by atoms with Gasteiger partial charge >= 0.3 is 0 Å². The number of thiophene rings is 1. The van der Waals surface area contributed by atoms with Crippen molar-refractivity contribution in [2.24, 2.45) is 5.92 Å². The van der Waals surface area contributed by atoms with Crippen molar-refractivity contribution >= 4 is 23.1 Å². The van der Waals surface area contributed by atoms with Gasteiger partial charge < -0.3 is 5.32 Å². The normalized spacial score (nSPS) is 18.1. The van der Waals surface area contributed by atoms with Crippen molar-refractivity contribution in [2.75, 3.05) is 5.32 Å². The molecule has 0 unspecified atom stereocenters. The van der Waals surface area contributed by atoms with Crippen LogP contribution in [-0.4, -0.2) is 15.7 Å². The minimum atomic E-state index is 0.107. The standard InChI is InChI=1S/C15H19N3OS/c1-10(2)6-11-7-14(19)17-15-13(11)8-16-18(15)9-12-4-3-5-20-12/h3-5,8,10-11H,6-7,9H2,1-2H3,(H,17,19)/t11-/m0/s1. The van der Waals surface area contributed by atoms with Crippen LogP contribution in [0.15, 0.2) is 23.7 Å². The number of hydrogen-bond acceptors (Lipinski definition) is 3. The quantitative estimate of drug-likeness (QED) is 0.937. The molecule has 1 amide bonds. The summed E-state index contributed by atoms with van der Waals surface area (Å²) in [5.74, 6) is 1.88. The zero-order chi connectivity index (χ0) is 14.1. The number of aromatic nitrogens is 2. The maximum atomic E-state index is 11.9. The molecule has 1 atom stereocenters. The van der Waals surface area contributed by atoms with Gasteiger partial charge in [0.2, 0.25) is 5.91 Å². The Morgan fingerprint density at radius 2 is 2.40 bits per heavy atom. The maximum absolute atomic E-state index is 11.9. The minimum absolute atomic E-state index is 0.107. The van der Waals surface area contributed by atoms with E-state index in [0.717, 1.165) is 18.8 Å². The van der Waals surface area contributed by atoms with E-state index in [1.807, 2.05) is 16.9 Å². The summed E-state index contributed by atoms with van der Waals surface area (Å²) < 4.78 is 1.91. The molecule has 1 aliphatic heterocycles. The highest BCUT2D eigenvalue weighted by molar-refractivity contribution is 7.09. The lowest BCUT2D eigenvalue weighted by Crippen LogP contribution is -2.25. The lowest BCUT2D eigenvalue weighted by atomic mass is 9.87. The molecular weight excluding hydrogens is 270 g/mol. The molecular formula is C15H19N3OS. The van der Waals surface area contributed by atoms with E-state index in [1.165, 1.54) is 10.4 Å². The molecule has 1 aliphatic rings. The molecule has 0 radical (unpaired) electrons. The highest BCUT2D eigenvalue weighted by Gasteiger charge is 2.29. The van der Waals surface area contributed by atoms with Gasteiger partial charge in [0.15, 0.2) is 0 Å². The van der Waals surface area contributed by atoms with E-state index >= 15 is 0 Å². The lowest BCUT2D eigenvalue weighted by molar-refractivity contribution is -0.117. The third-order valence-electron chi connectivity index (χ3n) is 3.64. The fraction of sp³-hybridized carbons (Fsp3) is 0.467. The summed E-state index contributed by atoms with van der Waals surface area (Å²) in [7, 11) is 0. The zero-order valence-electron chi connectivity index (χ0n) is 11.8. The molecule has 4 nitrogen and oxygen atoms in total. The smallest absolute Gasteiger partial charge is 0.226 e. The van der Waals surface area contributed by atoms with Gasteiger partial charge in [-0.2, -0.15) is 5.10 Å². The molecule has 3 rings (SSSR count). The van der Waals surface area contributed by atoms with E-state index in [0.29, 0.717) is 18.3 Å². The van der Waals surface area contributed by atoms with E-state index in [4.69, 9.17) is 0 Å². The lowest BCUT2D eigenvalue weighted by Gasteiger charge is -2.24. The number of amides is 1. The van der Waals surface area contributed by atoms with Crippen molar-refractivity contribution < 1.29 is 4.79 Å². The van der Waals surface area contributed by atoms with Gasteiger partial charge in [0.25, 0.3) is 0 Å². The Balaban J connectivity index is 1.89. The molecule has 0 bridgehead atoms. The van der Waals surface area contributed by atoms with Crippen molar-refractivity contribution in [1.82, 2.24) is 9.78 Å². The Kier molecular flexibility index (Phi) is 3.61. The van der Waals surface area contributed by atoms with Crippen LogP contribution in [0.4, 0.5) is 5.82 Å². The van der Waals surface area contributed by atoms with Gasteiger partial charge in [0, 0.05) is 16.9 Å². The van der Waals surface area contributed by atoms with Gasteiger partial charge in [0.1, 0.15) is 5.82 Å². The highest BCUT2D eigenvalue weighted by atomic mass is 32.1. The van der Waals surface area contributed by atoms with Crippen LogP contribution in [0, 0.1) is 5.92 Å². The highest BCUT2D eigenvalue weighted by Crippen LogP contribution is 2.36. The fourth-order valence-electron chi connectivity index (χ4n) is 2.80. The number of fused-ring (bicyclic) bond motifs is 1. The van der Waals surface area contributed by atoms with Gasteiger partial charge in [0.05, 0.1) is 12.7 Å². The topological polar surface area (TPSA) is 46.9 Å². The summed E-state index contributed by atoms with van der Waals surface area (Å²) in [6, 6.07) is 4.13. The van der Waals surface area contributed by atoms with Crippen molar-refractivity contribution in [1.29, 1.82) is 0 Å². The Labute approximate surface area is 122 Å². The van der Waals surface area contributed by atoms with Crippen LogP contribution in [0.1, 0.15) is 43.0 Å². The first-order valence-electron chi connectivity index (χ1n) is 7.01. The summed E-state index contributed by atoms with van der Waals surface area (Å²) in [5, 5.41) is 9.52. The van der Waals surface area contributed by atoms with Crippen LogP contribution in [0.25, 0.3) is 0 Å². The van der Waals surface area contributed by atoms with Crippen LogP contribution in [0.5, 0.6) is 0 Å². The second-order valence-corrected chi connectivity index (χ2v) is 6.80. The molecule has 3 heterocycles. The van der Waals surface area contributed by atoms with E-state index in [-0.39, 0.29) is 5.91 Å². The summed E-state index contributed by atoms with van der Waals surface area (Å²) in [5.41, 5.74) is 1.19. The van der Waals surface area contributed by atoms with Crippen LogP contribution in [0.2, 0.25) is 0 Å². The monoisotopic (exact) mass is 289 g/mol. The molecule has 0 aromatic carbocycles. The first kappa shape index (κ1) is 13.4. The number of hydrogen-bond donors (Lipinski definition) is 1. The van der Waals surface area contributed by atoms with Crippen molar-refractivity contribution in [2.45, 2.75) is 39.2 Å². The molecule has 2 aromatic rings. The number of rotatable bonds is 4. The van der Waals surface area contributed by atoms with E-state index in [2.05, 4.69) is 35.7 Å². The fourth-order valence-corrected chi connectivity index (χ4v) is 3.49. The number of nitrogens with one attached hydrogen (secondary N) is 1. The van der Waals surface area contributed by atoms with Gasteiger partial charge in [-0.05, 0) is 29.7 Å². The van der Waals surface area contributed by atoms with Crippen LogP contribution >= 0.6 is 11.3 Å². The maximum Gasteiger partial charge on any atom is 0.226 e. The molecule has 0 saturated carbocycles. The molecule has 0 saturated heterocycles. The van der Waals surface area contributed by atoms with Gasteiger partial charge in [-0.15, -0.1) is 11.3 Å².